The Hall–Kier alpha value is -3.26. The van der Waals surface area contributed by atoms with Crippen LogP contribution in [0.1, 0.15) is 27.7 Å². The Morgan fingerprint density at radius 3 is 2.53 bits per heavy atom. The fourth-order valence-corrected chi connectivity index (χ4v) is 2.91. The van der Waals surface area contributed by atoms with Gasteiger partial charge in [-0.05, 0) is 39.8 Å². The van der Waals surface area contributed by atoms with Crippen molar-refractivity contribution in [2.75, 3.05) is 13.7 Å². The summed E-state index contributed by atoms with van der Waals surface area (Å²) in [5, 5.41) is 11.6. The van der Waals surface area contributed by atoms with Crippen LogP contribution < -0.4 is 15.1 Å². The quantitative estimate of drug-likeness (QED) is 0.354. The number of ether oxygens (including phenoxy) is 3. The third kappa shape index (κ3) is 4.04. The molecular weight excluding hydrogens is 392 g/mol. The van der Waals surface area contributed by atoms with Crippen LogP contribution in [0.3, 0.4) is 0 Å². The van der Waals surface area contributed by atoms with E-state index in [0.717, 1.165) is 0 Å². The van der Waals surface area contributed by atoms with Crippen molar-refractivity contribution in [3.05, 3.63) is 46.5 Å². The number of fused-ring (bicyclic) bond motifs is 2. The number of benzene rings is 1. The summed E-state index contributed by atoms with van der Waals surface area (Å²) < 4.78 is 27.7. The minimum absolute atomic E-state index is 0.132. The highest BCUT2D eigenvalue weighted by Crippen LogP contribution is 2.42. The van der Waals surface area contributed by atoms with E-state index < -0.39 is 23.3 Å². The number of hydrogen-bond acceptors (Lipinski definition) is 8. The molecule has 3 rings (SSSR count). The molecule has 1 unspecified atom stereocenters. The predicted molar refractivity (Wildman–Crippen MR) is 110 cm³/mol. The fourth-order valence-electron chi connectivity index (χ4n) is 2.91. The van der Waals surface area contributed by atoms with E-state index >= 15 is 0 Å². The molecule has 0 radical (unpaired) electrons. The summed E-state index contributed by atoms with van der Waals surface area (Å²) in [6.07, 6.45) is 2.07. The Morgan fingerprint density at radius 2 is 1.90 bits per heavy atom. The molecule has 0 bridgehead atoms. The van der Waals surface area contributed by atoms with Gasteiger partial charge in [0.15, 0.2) is 17.3 Å². The number of carbonyl (C=O) groups is 1. The Balaban J connectivity index is 2.05. The summed E-state index contributed by atoms with van der Waals surface area (Å²) >= 11 is 0. The van der Waals surface area contributed by atoms with Crippen LogP contribution in [0.4, 0.5) is 0 Å². The van der Waals surface area contributed by atoms with Crippen LogP contribution in [-0.2, 0) is 9.53 Å². The second-order valence-electron chi connectivity index (χ2n) is 7.35. The molecule has 8 nitrogen and oxygen atoms in total. The maximum absolute atomic E-state index is 12.2. The number of methoxy groups -OCH3 is 1. The molecule has 0 aliphatic rings. The van der Waals surface area contributed by atoms with Gasteiger partial charge in [0.05, 0.1) is 29.7 Å². The lowest BCUT2D eigenvalue weighted by Gasteiger charge is -2.29. The van der Waals surface area contributed by atoms with Gasteiger partial charge in [0.1, 0.15) is 12.4 Å². The molecule has 30 heavy (non-hydrogen) atoms. The van der Waals surface area contributed by atoms with Gasteiger partial charge in [-0.2, -0.15) is 0 Å². The van der Waals surface area contributed by atoms with Gasteiger partial charge in [0.2, 0.25) is 5.75 Å². The average molecular weight is 416 g/mol. The van der Waals surface area contributed by atoms with Crippen LogP contribution in [0.5, 0.6) is 11.5 Å². The van der Waals surface area contributed by atoms with Gasteiger partial charge in [-0.1, -0.05) is 6.08 Å². The van der Waals surface area contributed by atoms with E-state index in [9.17, 15) is 14.7 Å². The monoisotopic (exact) mass is 416 g/mol. The van der Waals surface area contributed by atoms with E-state index in [1.54, 1.807) is 32.1 Å². The summed E-state index contributed by atoms with van der Waals surface area (Å²) in [6.45, 7) is 6.14. The summed E-state index contributed by atoms with van der Waals surface area (Å²) in [6, 6.07) is 4.55. The van der Waals surface area contributed by atoms with Crippen molar-refractivity contribution in [1.82, 2.24) is 0 Å². The number of hydrogen-bond donors (Lipinski definition) is 1. The highest BCUT2D eigenvalue weighted by Gasteiger charge is 2.33. The molecule has 3 aromatic rings. The molecule has 8 heteroatoms. The Morgan fingerprint density at radius 1 is 1.20 bits per heavy atom. The molecule has 0 spiro atoms. The first-order valence-electron chi connectivity index (χ1n) is 9.37. The van der Waals surface area contributed by atoms with Crippen LogP contribution in [0.2, 0.25) is 0 Å². The Labute approximate surface area is 172 Å². The number of aliphatic hydroxyl groups is 1. The van der Waals surface area contributed by atoms with Crippen LogP contribution in [-0.4, -0.2) is 36.5 Å². The molecule has 160 valence electrons. The minimum atomic E-state index is -1.39. The molecule has 1 aromatic carbocycles. The smallest absolute Gasteiger partial charge is 0.336 e. The number of esters is 1. The third-order valence-corrected chi connectivity index (χ3v) is 4.78. The number of allylic oxidation sites excluding steroid dienone is 1. The van der Waals surface area contributed by atoms with Crippen molar-refractivity contribution in [3.63, 3.8) is 0 Å². The van der Waals surface area contributed by atoms with Crippen molar-refractivity contribution in [1.29, 1.82) is 0 Å². The second kappa shape index (κ2) is 8.23. The molecule has 0 amide bonds. The van der Waals surface area contributed by atoms with E-state index in [4.69, 9.17) is 23.0 Å². The largest absolute Gasteiger partial charge is 0.495 e. The zero-order valence-electron chi connectivity index (χ0n) is 17.5. The van der Waals surface area contributed by atoms with Gasteiger partial charge < -0.3 is 28.2 Å². The second-order valence-corrected chi connectivity index (χ2v) is 7.35. The van der Waals surface area contributed by atoms with E-state index in [0.29, 0.717) is 27.7 Å². The maximum Gasteiger partial charge on any atom is 0.336 e. The molecule has 2 heterocycles. The summed E-state index contributed by atoms with van der Waals surface area (Å²) in [5.41, 5.74) is -1.13. The molecule has 0 aliphatic carbocycles. The van der Waals surface area contributed by atoms with E-state index in [2.05, 4.69) is 0 Å². The zero-order valence-corrected chi connectivity index (χ0v) is 17.5. The lowest BCUT2D eigenvalue weighted by atomic mass is 10.0. The Kier molecular flexibility index (Phi) is 5.89. The Bertz CT molecular complexity index is 1160. The van der Waals surface area contributed by atoms with Crippen molar-refractivity contribution in [2.24, 2.45) is 0 Å². The van der Waals surface area contributed by atoms with E-state index in [1.807, 2.05) is 0 Å². The first-order valence-corrected chi connectivity index (χ1v) is 9.37. The summed E-state index contributed by atoms with van der Waals surface area (Å²) in [4.78, 5) is 24.1. The minimum Gasteiger partial charge on any atom is -0.495 e. The third-order valence-electron chi connectivity index (χ3n) is 4.78. The molecular formula is C22H24O8. The topological polar surface area (TPSA) is 108 Å². The van der Waals surface area contributed by atoms with Crippen LogP contribution in [0.25, 0.3) is 21.9 Å². The SMILES string of the molecule is C/C=C(\C)C(=O)OC(COc1c2occc2c(OC)c2ccc(=O)oc12)C(C)(C)O. The van der Waals surface area contributed by atoms with Crippen LogP contribution in [0.15, 0.2) is 49.7 Å². The number of carbonyl (C=O) groups excluding carboxylic acids is 1. The van der Waals surface area contributed by atoms with Crippen molar-refractivity contribution in [2.45, 2.75) is 39.4 Å². The predicted octanol–water partition coefficient (Wildman–Crippen LogP) is 3.58. The molecule has 1 atom stereocenters. The zero-order chi connectivity index (χ0) is 22.1. The standard InChI is InChI=1S/C22H24O8/c1-6-12(2)21(24)29-15(22(3,4)25)11-28-20-18-14(9-10-27-18)17(26-5)13-7-8-16(23)30-19(13)20/h6-10,15,25H,11H2,1-5H3/b12-6+. The van der Waals surface area contributed by atoms with Crippen molar-refractivity contribution in [3.8, 4) is 11.5 Å². The summed E-state index contributed by atoms with van der Waals surface area (Å²) in [7, 11) is 1.50. The van der Waals surface area contributed by atoms with Gasteiger partial charge in [-0.25, -0.2) is 9.59 Å². The number of furan rings is 1. The molecule has 0 aliphatic heterocycles. The lowest BCUT2D eigenvalue weighted by molar-refractivity contribution is -0.160. The molecule has 0 fully saturated rings. The van der Waals surface area contributed by atoms with E-state index in [1.165, 1.54) is 33.3 Å². The van der Waals surface area contributed by atoms with E-state index in [-0.39, 0.29) is 17.9 Å². The van der Waals surface area contributed by atoms with Gasteiger partial charge in [0, 0.05) is 11.6 Å². The van der Waals surface area contributed by atoms with Crippen molar-refractivity contribution >= 4 is 27.9 Å². The summed E-state index contributed by atoms with van der Waals surface area (Å²) in [5.74, 6) is 0.0538. The normalized spacial score (nSPS) is 13.5. The molecule has 0 saturated carbocycles. The highest BCUT2D eigenvalue weighted by atomic mass is 16.6. The van der Waals surface area contributed by atoms with Gasteiger partial charge in [-0.3, -0.25) is 0 Å². The maximum atomic E-state index is 12.2. The van der Waals surface area contributed by atoms with Crippen LogP contribution in [0, 0.1) is 0 Å². The highest BCUT2D eigenvalue weighted by molar-refractivity contribution is 6.06. The van der Waals surface area contributed by atoms with Crippen molar-refractivity contribution < 1.29 is 32.9 Å². The lowest BCUT2D eigenvalue weighted by Crippen LogP contribution is -2.44. The first-order chi connectivity index (χ1) is 14.2. The molecule has 0 saturated heterocycles. The van der Waals surface area contributed by atoms with Gasteiger partial charge in [-0.15, -0.1) is 0 Å². The fraction of sp³-hybridized carbons (Fsp3) is 0.364. The van der Waals surface area contributed by atoms with Crippen LogP contribution >= 0.6 is 0 Å². The molecule has 1 N–H and O–H groups in total. The van der Waals surface area contributed by atoms with Gasteiger partial charge in [0.25, 0.3) is 0 Å². The average Bonchev–Trinajstić information content (AvgIpc) is 3.17. The first kappa shape index (κ1) is 21.4. The molecule has 2 aromatic heterocycles. The number of rotatable bonds is 7. The van der Waals surface area contributed by atoms with Gasteiger partial charge >= 0.3 is 11.6 Å².